The Bertz CT molecular complexity index is 473. The molecule has 8 heteroatoms. The van der Waals surface area contributed by atoms with Crippen LogP contribution in [0.25, 0.3) is 0 Å². The van der Waals surface area contributed by atoms with Gasteiger partial charge >= 0.3 is 5.69 Å². The predicted molar refractivity (Wildman–Crippen MR) is 76.3 cm³/mol. The first kappa shape index (κ1) is 14.4. The molecule has 0 spiro atoms. The van der Waals surface area contributed by atoms with Crippen LogP contribution in [0.2, 0.25) is 0 Å². The van der Waals surface area contributed by atoms with E-state index in [1.54, 1.807) is 0 Å². The van der Waals surface area contributed by atoms with Crippen molar-refractivity contribution >= 4 is 17.5 Å². The average Bonchev–Trinajstić information content (AvgIpc) is 2.47. The molecule has 1 aliphatic heterocycles. The first-order chi connectivity index (χ1) is 9.65. The standard InChI is InChI=1S/C12H20N6O2/c1-2-3-9-4-6-17(7-5-9)11-10(18(19)20)8-14-12(15-11)16-13/h8-9H,2-7,13H2,1H3,(H,14,15,16). The summed E-state index contributed by atoms with van der Waals surface area (Å²) in [7, 11) is 0. The molecular formula is C12H20N6O2. The van der Waals surface area contributed by atoms with Gasteiger partial charge in [0.1, 0.15) is 6.20 Å². The van der Waals surface area contributed by atoms with Crippen molar-refractivity contribution in [2.75, 3.05) is 23.4 Å². The summed E-state index contributed by atoms with van der Waals surface area (Å²) in [5.41, 5.74) is 2.26. The number of nitrogens with zero attached hydrogens (tertiary/aromatic N) is 4. The molecule has 0 amide bonds. The molecule has 1 fully saturated rings. The number of nitrogens with one attached hydrogen (secondary N) is 1. The molecule has 0 saturated carbocycles. The molecule has 2 rings (SSSR count). The molecular weight excluding hydrogens is 260 g/mol. The molecule has 1 aromatic heterocycles. The number of rotatable bonds is 5. The van der Waals surface area contributed by atoms with Crippen LogP contribution in [0.1, 0.15) is 32.6 Å². The Balaban J connectivity index is 2.17. The van der Waals surface area contributed by atoms with Gasteiger partial charge < -0.3 is 4.90 Å². The van der Waals surface area contributed by atoms with Gasteiger partial charge in [0.05, 0.1) is 4.92 Å². The smallest absolute Gasteiger partial charge is 0.329 e. The monoisotopic (exact) mass is 280 g/mol. The number of piperidine rings is 1. The highest BCUT2D eigenvalue weighted by Crippen LogP contribution is 2.30. The molecule has 1 aliphatic rings. The fraction of sp³-hybridized carbons (Fsp3) is 0.667. The maximum absolute atomic E-state index is 11.1. The lowest BCUT2D eigenvalue weighted by Gasteiger charge is -2.32. The maximum atomic E-state index is 11.1. The molecule has 1 aromatic rings. The molecule has 8 nitrogen and oxygen atoms in total. The van der Waals surface area contributed by atoms with Crippen LogP contribution in [-0.2, 0) is 0 Å². The summed E-state index contributed by atoms with van der Waals surface area (Å²) in [6.07, 6.45) is 5.69. The summed E-state index contributed by atoms with van der Waals surface area (Å²) in [6, 6.07) is 0. The number of hydrogen-bond acceptors (Lipinski definition) is 7. The minimum absolute atomic E-state index is 0.0714. The third kappa shape index (κ3) is 3.13. The highest BCUT2D eigenvalue weighted by Gasteiger charge is 2.26. The number of anilines is 2. The van der Waals surface area contributed by atoms with Crippen molar-refractivity contribution in [3.63, 3.8) is 0 Å². The number of nitrogen functional groups attached to an aromatic ring is 1. The SMILES string of the molecule is CCCC1CCN(c2nc(NN)ncc2[N+](=O)[O-])CC1. The second kappa shape index (κ2) is 6.47. The van der Waals surface area contributed by atoms with E-state index >= 15 is 0 Å². The number of aromatic nitrogens is 2. The molecule has 0 atom stereocenters. The summed E-state index contributed by atoms with van der Waals surface area (Å²) in [5.74, 6) is 6.54. The molecule has 1 saturated heterocycles. The third-order valence-corrected chi connectivity index (χ3v) is 3.69. The van der Waals surface area contributed by atoms with Gasteiger partial charge in [-0.1, -0.05) is 19.8 Å². The lowest BCUT2D eigenvalue weighted by molar-refractivity contribution is -0.384. The molecule has 0 aromatic carbocycles. The van der Waals surface area contributed by atoms with Crippen molar-refractivity contribution in [1.29, 1.82) is 0 Å². The van der Waals surface area contributed by atoms with E-state index in [9.17, 15) is 10.1 Å². The minimum Gasteiger partial charge on any atom is -0.351 e. The van der Waals surface area contributed by atoms with Crippen molar-refractivity contribution in [2.45, 2.75) is 32.6 Å². The van der Waals surface area contributed by atoms with Gasteiger partial charge in [-0.05, 0) is 18.8 Å². The quantitative estimate of drug-likeness (QED) is 0.479. The average molecular weight is 280 g/mol. The van der Waals surface area contributed by atoms with E-state index in [1.165, 1.54) is 19.0 Å². The van der Waals surface area contributed by atoms with Crippen LogP contribution in [0.15, 0.2) is 6.20 Å². The third-order valence-electron chi connectivity index (χ3n) is 3.69. The molecule has 0 unspecified atom stereocenters. The van der Waals surface area contributed by atoms with Crippen molar-refractivity contribution < 1.29 is 4.92 Å². The van der Waals surface area contributed by atoms with Crippen LogP contribution in [-0.4, -0.2) is 28.0 Å². The number of nitro groups is 1. The normalized spacial score (nSPS) is 16.2. The number of nitrogens with two attached hydrogens (primary N) is 1. The zero-order valence-electron chi connectivity index (χ0n) is 11.6. The number of hydrogen-bond donors (Lipinski definition) is 2. The van der Waals surface area contributed by atoms with Gasteiger partial charge in [-0.25, -0.2) is 10.8 Å². The van der Waals surface area contributed by atoms with Crippen LogP contribution < -0.4 is 16.2 Å². The van der Waals surface area contributed by atoms with Crippen molar-refractivity contribution in [3.8, 4) is 0 Å². The molecule has 110 valence electrons. The van der Waals surface area contributed by atoms with E-state index in [4.69, 9.17) is 5.84 Å². The highest BCUT2D eigenvalue weighted by molar-refractivity contribution is 5.59. The zero-order valence-corrected chi connectivity index (χ0v) is 11.6. The fourth-order valence-corrected chi connectivity index (χ4v) is 2.64. The summed E-state index contributed by atoms with van der Waals surface area (Å²) in [5, 5.41) is 11.1. The molecule has 0 bridgehead atoms. The van der Waals surface area contributed by atoms with E-state index in [0.29, 0.717) is 11.7 Å². The maximum Gasteiger partial charge on any atom is 0.329 e. The van der Waals surface area contributed by atoms with Gasteiger partial charge in [0.25, 0.3) is 0 Å². The Kier molecular flexibility index (Phi) is 4.67. The van der Waals surface area contributed by atoms with Crippen molar-refractivity contribution in [2.24, 2.45) is 11.8 Å². The van der Waals surface area contributed by atoms with Gasteiger partial charge in [-0.15, -0.1) is 0 Å². The van der Waals surface area contributed by atoms with E-state index in [2.05, 4.69) is 22.3 Å². The lowest BCUT2D eigenvalue weighted by atomic mass is 9.92. The fourth-order valence-electron chi connectivity index (χ4n) is 2.64. The summed E-state index contributed by atoms with van der Waals surface area (Å²) in [4.78, 5) is 20.5. The second-order valence-corrected chi connectivity index (χ2v) is 5.02. The van der Waals surface area contributed by atoms with Crippen LogP contribution in [0.3, 0.4) is 0 Å². The van der Waals surface area contributed by atoms with E-state index < -0.39 is 4.92 Å². The molecule has 3 N–H and O–H groups in total. The van der Waals surface area contributed by atoms with Crippen LogP contribution >= 0.6 is 0 Å². The predicted octanol–water partition coefficient (Wildman–Crippen LogP) is 1.69. The summed E-state index contributed by atoms with van der Waals surface area (Å²) < 4.78 is 0. The van der Waals surface area contributed by atoms with Gasteiger partial charge in [0.2, 0.25) is 11.8 Å². The van der Waals surface area contributed by atoms with Crippen LogP contribution in [0.4, 0.5) is 17.5 Å². The van der Waals surface area contributed by atoms with E-state index in [-0.39, 0.29) is 11.6 Å². The first-order valence-electron chi connectivity index (χ1n) is 6.88. The van der Waals surface area contributed by atoms with Crippen LogP contribution in [0.5, 0.6) is 0 Å². The Morgan fingerprint density at radius 2 is 2.25 bits per heavy atom. The highest BCUT2D eigenvalue weighted by atomic mass is 16.6. The second-order valence-electron chi connectivity index (χ2n) is 5.02. The van der Waals surface area contributed by atoms with Crippen molar-refractivity contribution in [1.82, 2.24) is 9.97 Å². The molecule has 0 radical (unpaired) electrons. The zero-order chi connectivity index (χ0) is 14.5. The van der Waals surface area contributed by atoms with Crippen molar-refractivity contribution in [3.05, 3.63) is 16.3 Å². The topological polar surface area (TPSA) is 110 Å². The Labute approximate surface area is 117 Å². The lowest BCUT2D eigenvalue weighted by Crippen LogP contribution is -2.35. The summed E-state index contributed by atoms with van der Waals surface area (Å²) in [6.45, 7) is 3.75. The Morgan fingerprint density at radius 1 is 1.55 bits per heavy atom. The Hall–Kier alpha value is -1.96. The van der Waals surface area contributed by atoms with Gasteiger partial charge in [0, 0.05) is 13.1 Å². The van der Waals surface area contributed by atoms with E-state index in [0.717, 1.165) is 25.9 Å². The molecule has 0 aliphatic carbocycles. The summed E-state index contributed by atoms with van der Waals surface area (Å²) >= 11 is 0. The van der Waals surface area contributed by atoms with Gasteiger partial charge in [0.15, 0.2) is 0 Å². The largest absolute Gasteiger partial charge is 0.351 e. The van der Waals surface area contributed by atoms with Gasteiger partial charge in [-0.3, -0.25) is 15.5 Å². The molecule has 20 heavy (non-hydrogen) atoms. The van der Waals surface area contributed by atoms with Gasteiger partial charge in [-0.2, -0.15) is 4.98 Å². The van der Waals surface area contributed by atoms with Crippen LogP contribution in [0, 0.1) is 16.0 Å². The first-order valence-corrected chi connectivity index (χ1v) is 6.88. The Morgan fingerprint density at radius 3 is 2.80 bits per heavy atom. The van der Waals surface area contributed by atoms with E-state index in [1.807, 2.05) is 4.90 Å². The minimum atomic E-state index is -0.451. The molecule has 2 heterocycles. The number of hydrazine groups is 1.